The van der Waals surface area contributed by atoms with Crippen molar-refractivity contribution in [1.82, 2.24) is 20.2 Å². The Morgan fingerprint density at radius 3 is 2.77 bits per heavy atom. The number of amides is 2. The monoisotopic (exact) mass is 350 g/mol. The van der Waals surface area contributed by atoms with E-state index in [1.165, 1.54) is 0 Å². The number of hydrogen-bond acceptors (Lipinski definition) is 4. The van der Waals surface area contributed by atoms with E-state index >= 15 is 0 Å². The van der Waals surface area contributed by atoms with Crippen LogP contribution in [-0.4, -0.2) is 45.8 Å². The zero-order chi connectivity index (χ0) is 17.9. The maximum absolute atomic E-state index is 12.3. The number of hydrogen-bond donors (Lipinski definition) is 1. The lowest BCUT2D eigenvalue weighted by atomic mass is 10.1. The molecule has 2 amide bonds. The first-order valence-corrected chi connectivity index (χ1v) is 9.15. The van der Waals surface area contributed by atoms with Gasteiger partial charge in [-0.05, 0) is 18.9 Å². The van der Waals surface area contributed by atoms with Crippen molar-refractivity contribution >= 4 is 11.8 Å². The lowest BCUT2D eigenvalue weighted by Crippen LogP contribution is -2.34. The molecule has 1 aromatic heterocycles. The summed E-state index contributed by atoms with van der Waals surface area (Å²) in [5, 5.41) is 2.93. The molecule has 2 aliphatic rings. The highest BCUT2D eigenvalue weighted by Gasteiger charge is 2.41. The highest BCUT2D eigenvalue weighted by atomic mass is 16.2. The standard InChI is InChI=1S/C20H22N4O2/c25-19-12-15(13-24(19)16-6-7-16)20(26)22-11-9-18-21-10-8-17(23-18)14-4-2-1-3-5-14/h1-5,8,10,15-16H,6-7,9,11-13H2,(H,22,26). The van der Waals surface area contributed by atoms with Crippen molar-refractivity contribution in [1.29, 1.82) is 0 Å². The Hall–Kier alpha value is -2.76. The maximum atomic E-state index is 12.3. The van der Waals surface area contributed by atoms with Gasteiger partial charge < -0.3 is 10.2 Å². The van der Waals surface area contributed by atoms with Gasteiger partial charge in [0.2, 0.25) is 11.8 Å². The molecule has 0 radical (unpaired) electrons. The summed E-state index contributed by atoms with van der Waals surface area (Å²) in [4.78, 5) is 35.0. The molecule has 4 rings (SSSR count). The van der Waals surface area contributed by atoms with Crippen molar-refractivity contribution in [3.63, 3.8) is 0 Å². The number of likely N-dealkylation sites (tertiary alicyclic amines) is 1. The molecule has 6 heteroatoms. The number of benzene rings is 1. The Labute approximate surface area is 152 Å². The number of nitrogens with one attached hydrogen (secondary N) is 1. The molecule has 1 saturated heterocycles. The summed E-state index contributed by atoms with van der Waals surface area (Å²) in [5.41, 5.74) is 1.92. The number of rotatable bonds is 6. The second-order valence-electron chi connectivity index (χ2n) is 6.94. The number of carbonyl (C=O) groups is 2. The Morgan fingerprint density at radius 1 is 1.19 bits per heavy atom. The van der Waals surface area contributed by atoms with Crippen LogP contribution in [0.2, 0.25) is 0 Å². The summed E-state index contributed by atoms with van der Waals surface area (Å²) in [5.74, 6) is 0.556. The minimum absolute atomic E-state index is 0.0410. The van der Waals surface area contributed by atoms with Gasteiger partial charge in [0.1, 0.15) is 5.82 Å². The van der Waals surface area contributed by atoms with E-state index in [4.69, 9.17) is 0 Å². The van der Waals surface area contributed by atoms with Crippen LogP contribution >= 0.6 is 0 Å². The third kappa shape index (κ3) is 3.74. The van der Waals surface area contributed by atoms with Gasteiger partial charge in [0, 0.05) is 43.7 Å². The Kier molecular flexibility index (Phi) is 4.65. The quantitative estimate of drug-likeness (QED) is 0.862. The van der Waals surface area contributed by atoms with Crippen LogP contribution in [0.5, 0.6) is 0 Å². The van der Waals surface area contributed by atoms with Crippen LogP contribution in [0, 0.1) is 5.92 Å². The first-order valence-electron chi connectivity index (χ1n) is 9.15. The number of carbonyl (C=O) groups excluding carboxylic acids is 2. The average Bonchev–Trinajstić information content (AvgIpc) is 3.44. The molecule has 1 unspecified atom stereocenters. The lowest BCUT2D eigenvalue weighted by Gasteiger charge is -2.15. The van der Waals surface area contributed by atoms with Crippen molar-refractivity contribution in [2.45, 2.75) is 31.7 Å². The van der Waals surface area contributed by atoms with Crippen LogP contribution in [0.4, 0.5) is 0 Å². The molecule has 1 atom stereocenters. The molecule has 2 fully saturated rings. The fourth-order valence-electron chi connectivity index (χ4n) is 3.38. The molecular weight excluding hydrogens is 328 g/mol. The molecule has 1 aliphatic heterocycles. The van der Waals surface area contributed by atoms with Crippen molar-refractivity contribution in [2.24, 2.45) is 5.92 Å². The van der Waals surface area contributed by atoms with Gasteiger partial charge in [-0.3, -0.25) is 9.59 Å². The van der Waals surface area contributed by atoms with Crippen LogP contribution in [0.3, 0.4) is 0 Å². The SMILES string of the molecule is O=C(NCCc1nccc(-c2ccccc2)n1)C1CC(=O)N(C2CC2)C1. The first kappa shape index (κ1) is 16.7. The number of nitrogens with zero attached hydrogens (tertiary/aromatic N) is 3. The Morgan fingerprint density at radius 2 is 2.00 bits per heavy atom. The molecule has 2 aromatic rings. The smallest absolute Gasteiger partial charge is 0.225 e. The normalized spacial score (nSPS) is 19.6. The molecule has 1 aliphatic carbocycles. The van der Waals surface area contributed by atoms with Gasteiger partial charge in [0.05, 0.1) is 11.6 Å². The Bertz CT molecular complexity index is 804. The van der Waals surface area contributed by atoms with Crippen LogP contribution in [-0.2, 0) is 16.0 Å². The van der Waals surface area contributed by atoms with Crippen LogP contribution in [0.15, 0.2) is 42.6 Å². The molecule has 6 nitrogen and oxygen atoms in total. The van der Waals surface area contributed by atoms with Crippen LogP contribution < -0.4 is 5.32 Å². The topological polar surface area (TPSA) is 75.2 Å². The summed E-state index contributed by atoms with van der Waals surface area (Å²) in [6.07, 6.45) is 4.81. The van der Waals surface area contributed by atoms with Crippen LogP contribution in [0.1, 0.15) is 25.1 Å². The molecule has 2 heterocycles. The zero-order valence-electron chi connectivity index (χ0n) is 14.6. The van der Waals surface area contributed by atoms with Crippen molar-refractivity contribution in [3.8, 4) is 11.3 Å². The highest BCUT2D eigenvalue weighted by molar-refractivity contribution is 5.89. The lowest BCUT2D eigenvalue weighted by molar-refractivity contribution is -0.129. The van der Waals surface area contributed by atoms with E-state index in [2.05, 4.69) is 15.3 Å². The van der Waals surface area contributed by atoms with E-state index in [9.17, 15) is 9.59 Å². The minimum atomic E-state index is -0.223. The highest BCUT2D eigenvalue weighted by Crippen LogP contribution is 2.32. The zero-order valence-corrected chi connectivity index (χ0v) is 14.6. The van der Waals surface area contributed by atoms with Crippen molar-refractivity contribution in [3.05, 3.63) is 48.4 Å². The molecule has 0 spiro atoms. The fraction of sp³-hybridized carbons (Fsp3) is 0.400. The predicted molar refractivity (Wildman–Crippen MR) is 97.0 cm³/mol. The van der Waals surface area contributed by atoms with E-state index in [1.807, 2.05) is 41.3 Å². The molecule has 1 N–H and O–H groups in total. The van der Waals surface area contributed by atoms with Gasteiger partial charge in [0.25, 0.3) is 0 Å². The average molecular weight is 350 g/mol. The van der Waals surface area contributed by atoms with E-state index in [0.717, 1.165) is 24.1 Å². The van der Waals surface area contributed by atoms with Gasteiger partial charge in [-0.2, -0.15) is 0 Å². The first-order chi connectivity index (χ1) is 12.7. The van der Waals surface area contributed by atoms with Gasteiger partial charge in [0.15, 0.2) is 0 Å². The molecule has 134 valence electrons. The molecule has 0 bridgehead atoms. The maximum Gasteiger partial charge on any atom is 0.225 e. The summed E-state index contributed by atoms with van der Waals surface area (Å²) in [7, 11) is 0. The second kappa shape index (κ2) is 7.23. The number of aromatic nitrogens is 2. The summed E-state index contributed by atoms with van der Waals surface area (Å²) in [6.45, 7) is 1.04. The predicted octanol–water partition coefficient (Wildman–Crippen LogP) is 1.81. The molecule has 26 heavy (non-hydrogen) atoms. The van der Waals surface area contributed by atoms with E-state index in [0.29, 0.717) is 37.8 Å². The largest absolute Gasteiger partial charge is 0.355 e. The molecular formula is C20H22N4O2. The van der Waals surface area contributed by atoms with Gasteiger partial charge in [-0.25, -0.2) is 9.97 Å². The summed E-state index contributed by atoms with van der Waals surface area (Å²) in [6, 6.07) is 12.2. The summed E-state index contributed by atoms with van der Waals surface area (Å²) >= 11 is 0. The van der Waals surface area contributed by atoms with E-state index in [-0.39, 0.29) is 17.7 Å². The summed E-state index contributed by atoms with van der Waals surface area (Å²) < 4.78 is 0. The molecule has 1 saturated carbocycles. The Balaban J connectivity index is 1.29. The van der Waals surface area contributed by atoms with Crippen LogP contribution in [0.25, 0.3) is 11.3 Å². The van der Waals surface area contributed by atoms with Crippen molar-refractivity contribution < 1.29 is 9.59 Å². The van der Waals surface area contributed by atoms with Gasteiger partial charge in [-0.15, -0.1) is 0 Å². The molecule has 1 aromatic carbocycles. The van der Waals surface area contributed by atoms with E-state index < -0.39 is 0 Å². The fourth-order valence-corrected chi connectivity index (χ4v) is 3.38. The van der Waals surface area contributed by atoms with Crippen molar-refractivity contribution in [2.75, 3.05) is 13.1 Å². The third-order valence-electron chi connectivity index (χ3n) is 4.94. The van der Waals surface area contributed by atoms with E-state index in [1.54, 1.807) is 6.20 Å². The third-order valence-corrected chi connectivity index (χ3v) is 4.94. The van der Waals surface area contributed by atoms with Gasteiger partial charge in [-0.1, -0.05) is 30.3 Å². The minimum Gasteiger partial charge on any atom is -0.355 e. The van der Waals surface area contributed by atoms with Gasteiger partial charge >= 0.3 is 0 Å². The second-order valence-corrected chi connectivity index (χ2v) is 6.94.